The summed E-state index contributed by atoms with van der Waals surface area (Å²) in [5, 5.41) is 16.7. The van der Waals surface area contributed by atoms with Crippen LogP contribution in [0.3, 0.4) is 0 Å². The molecule has 4 rings (SSSR count). The Morgan fingerprint density at radius 2 is 2.10 bits per heavy atom. The number of hydrogen-bond donors (Lipinski definition) is 3. The highest BCUT2D eigenvalue weighted by Gasteiger charge is 2.22. The summed E-state index contributed by atoms with van der Waals surface area (Å²) in [7, 11) is 3.97. The van der Waals surface area contributed by atoms with Crippen LogP contribution in [0.1, 0.15) is 27.3 Å². The predicted octanol–water partition coefficient (Wildman–Crippen LogP) is 1.91. The standard InChI is InChI=1S/C20H22N6O4S/c1-26(2)7-3-6-22-18(27)15-9-12-17(23-20(21)24-19(12)31-15)16(25-28)11-4-5-13-14(8-11)30-10-29-13/h4-5,8-9,28H,3,6-7,10H2,1-2H3,(H,22,27)(H2,21,23,24)/b25-16+. The van der Waals surface area contributed by atoms with E-state index in [4.69, 9.17) is 15.2 Å². The lowest BCUT2D eigenvalue weighted by Crippen LogP contribution is -2.26. The molecule has 4 N–H and O–H groups in total. The number of carbonyl (C=O) groups excluding carboxylic acids is 1. The summed E-state index contributed by atoms with van der Waals surface area (Å²) in [5.41, 5.74) is 6.97. The Bertz CT molecular complexity index is 1160. The van der Waals surface area contributed by atoms with Crippen molar-refractivity contribution in [3.63, 3.8) is 0 Å². The van der Waals surface area contributed by atoms with Crippen LogP contribution < -0.4 is 20.5 Å². The fourth-order valence-electron chi connectivity index (χ4n) is 3.20. The van der Waals surface area contributed by atoms with Gasteiger partial charge >= 0.3 is 0 Å². The topological polar surface area (TPSA) is 135 Å². The molecule has 0 bridgehead atoms. The normalized spacial score (nSPS) is 13.2. The second-order valence-electron chi connectivity index (χ2n) is 7.19. The number of nitrogens with two attached hydrogens (primary N) is 1. The van der Waals surface area contributed by atoms with E-state index in [9.17, 15) is 10.0 Å². The maximum absolute atomic E-state index is 12.6. The molecule has 1 amide bonds. The van der Waals surface area contributed by atoms with E-state index >= 15 is 0 Å². The van der Waals surface area contributed by atoms with Crippen LogP contribution in [-0.4, -0.2) is 65.7 Å². The molecule has 0 atom stereocenters. The third kappa shape index (κ3) is 4.37. The summed E-state index contributed by atoms with van der Waals surface area (Å²) in [4.78, 5) is 24.2. The van der Waals surface area contributed by atoms with Gasteiger partial charge in [0.25, 0.3) is 5.91 Å². The minimum absolute atomic E-state index is 0.0178. The number of hydrogen-bond acceptors (Lipinski definition) is 10. The van der Waals surface area contributed by atoms with Gasteiger partial charge in [-0.05, 0) is 51.3 Å². The molecule has 31 heavy (non-hydrogen) atoms. The van der Waals surface area contributed by atoms with Gasteiger partial charge in [0.1, 0.15) is 16.2 Å². The van der Waals surface area contributed by atoms with E-state index in [0.717, 1.165) is 13.0 Å². The van der Waals surface area contributed by atoms with Crippen molar-refractivity contribution in [2.45, 2.75) is 6.42 Å². The Morgan fingerprint density at radius 1 is 1.29 bits per heavy atom. The van der Waals surface area contributed by atoms with Crippen molar-refractivity contribution in [1.29, 1.82) is 0 Å². The Kier molecular flexibility index (Phi) is 5.87. The SMILES string of the molecule is CN(C)CCCNC(=O)c1cc2c(/C(=N/O)c3ccc4c(c3)OCO4)nc(N)nc2s1. The number of nitrogens with zero attached hydrogens (tertiary/aromatic N) is 4. The van der Waals surface area contributed by atoms with Crippen molar-refractivity contribution in [2.75, 3.05) is 39.7 Å². The first kappa shape index (κ1) is 20.8. The molecule has 0 saturated heterocycles. The van der Waals surface area contributed by atoms with Crippen LogP contribution in [0.2, 0.25) is 0 Å². The summed E-state index contributed by atoms with van der Waals surface area (Å²) in [5.74, 6) is 0.971. The first-order chi connectivity index (χ1) is 15.0. The number of oxime groups is 1. The van der Waals surface area contributed by atoms with Crippen molar-refractivity contribution >= 4 is 39.1 Å². The first-order valence-corrected chi connectivity index (χ1v) is 10.4. The predicted molar refractivity (Wildman–Crippen MR) is 117 cm³/mol. The molecule has 10 nitrogen and oxygen atoms in total. The number of aromatic nitrogens is 2. The lowest BCUT2D eigenvalue weighted by atomic mass is 10.0. The van der Waals surface area contributed by atoms with Gasteiger partial charge in [-0.2, -0.15) is 0 Å². The average molecular weight is 443 g/mol. The molecule has 0 fully saturated rings. The van der Waals surface area contributed by atoms with Gasteiger partial charge in [-0.3, -0.25) is 4.79 Å². The molecule has 3 heterocycles. The first-order valence-electron chi connectivity index (χ1n) is 9.58. The molecular weight excluding hydrogens is 420 g/mol. The Morgan fingerprint density at radius 3 is 2.87 bits per heavy atom. The number of rotatable bonds is 7. The van der Waals surface area contributed by atoms with Crippen molar-refractivity contribution in [3.05, 3.63) is 40.4 Å². The lowest BCUT2D eigenvalue weighted by Gasteiger charge is -2.09. The zero-order valence-corrected chi connectivity index (χ0v) is 17.9. The van der Waals surface area contributed by atoms with E-state index in [0.29, 0.717) is 44.4 Å². The largest absolute Gasteiger partial charge is 0.454 e. The van der Waals surface area contributed by atoms with Gasteiger partial charge in [-0.1, -0.05) is 5.16 Å². The van der Waals surface area contributed by atoms with Crippen molar-refractivity contribution in [2.24, 2.45) is 5.16 Å². The van der Waals surface area contributed by atoms with Gasteiger partial charge in [0.15, 0.2) is 11.5 Å². The molecule has 3 aromatic rings. The van der Waals surface area contributed by atoms with Gasteiger partial charge in [0.2, 0.25) is 12.7 Å². The van der Waals surface area contributed by atoms with Crippen molar-refractivity contribution in [1.82, 2.24) is 20.2 Å². The molecule has 0 saturated carbocycles. The lowest BCUT2D eigenvalue weighted by molar-refractivity contribution is 0.0956. The number of nitrogen functional groups attached to an aromatic ring is 1. The third-order valence-corrected chi connectivity index (χ3v) is 5.70. The van der Waals surface area contributed by atoms with E-state index in [1.807, 2.05) is 14.1 Å². The van der Waals surface area contributed by atoms with Crippen LogP contribution in [0.15, 0.2) is 29.4 Å². The monoisotopic (exact) mass is 442 g/mol. The molecular formula is C20H22N6O4S. The second kappa shape index (κ2) is 8.74. The molecule has 0 unspecified atom stereocenters. The molecule has 1 aromatic carbocycles. The number of carbonyl (C=O) groups is 1. The van der Waals surface area contributed by atoms with Crippen LogP contribution in [-0.2, 0) is 0 Å². The fraction of sp³-hybridized carbons (Fsp3) is 0.300. The van der Waals surface area contributed by atoms with Crippen LogP contribution >= 0.6 is 11.3 Å². The number of thiophene rings is 1. The Labute approximate surface area is 182 Å². The van der Waals surface area contributed by atoms with Gasteiger partial charge < -0.3 is 30.6 Å². The van der Waals surface area contributed by atoms with Crippen LogP contribution in [0.5, 0.6) is 11.5 Å². The molecule has 1 aliphatic heterocycles. The molecule has 162 valence electrons. The van der Waals surface area contributed by atoms with E-state index in [1.54, 1.807) is 24.3 Å². The maximum atomic E-state index is 12.6. The molecule has 1 aliphatic rings. The highest BCUT2D eigenvalue weighted by molar-refractivity contribution is 7.20. The zero-order valence-electron chi connectivity index (χ0n) is 17.1. The Hall–Kier alpha value is -3.44. The summed E-state index contributed by atoms with van der Waals surface area (Å²) < 4.78 is 10.7. The number of nitrogens with one attached hydrogen (secondary N) is 1. The quantitative estimate of drug-likeness (QED) is 0.219. The number of ether oxygens (including phenoxy) is 2. The molecule has 0 aliphatic carbocycles. The van der Waals surface area contributed by atoms with Crippen molar-refractivity contribution < 1.29 is 19.5 Å². The van der Waals surface area contributed by atoms with E-state index < -0.39 is 0 Å². The van der Waals surface area contributed by atoms with Gasteiger partial charge in [0, 0.05) is 17.5 Å². The number of benzene rings is 1. The highest BCUT2D eigenvalue weighted by atomic mass is 32.1. The van der Waals surface area contributed by atoms with Gasteiger partial charge in [-0.15, -0.1) is 11.3 Å². The van der Waals surface area contributed by atoms with Crippen LogP contribution in [0.25, 0.3) is 10.2 Å². The zero-order chi connectivity index (χ0) is 22.0. The number of amides is 1. The van der Waals surface area contributed by atoms with E-state index in [1.165, 1.54) is 11.3 Å². The van der Waals surface area contributed by atoms with E-state index in [-0.39, 0.29) is 24.4 Å². The smallest absolute Gasteiger partial charge is 0.261 e. The summed E-state index contributed by atoms with van der Waals surface area (Å²) in [6.07, 6.45) is 0.840. The summed E-state index contributed by atoms with van der Waals surface area (Å²) in [6, 6.07) is 6.85. The van der Waals surface area contributed by atoms with Gasteiger partial charge in [0.05, 0.1) is 4.88 Å². The van der Waals surface area contributed by atoms with E-state index in [2.05, 4.69) is 25.3 Å². The molecule has 2 aromatic heterocycles. The minimum atomic E-state index is -0.197. The fourth-order valence-corrected chi connectivity index (χ4v) is 4.15. The van der Waals surface area contributed by atoms with Gasteiger partial charge in [-0.25, -0.2) is 9.97 Å². The van der Waals surface area contributed by atoms with Crippen molar-refractivity contribution in [3.8, 4) is 11.5 Å². The molecule has 0 radical (unpaired) electrons. The Balaban J connectivity index is 1.65. The average Bonchev–Trinajstić information content (AvgIpc) is 3.37. The van der Waals surface area contributed by atoms with Crippen LogP contribution in [0, 0.1) is 0 Å². The highest BCUT2D eigenvalue weighted by Crippen LogP contribution is 2.34. The minimum Gasteiger partial charge on any atom is -0.454 e. The molecule has 0 spiro atoms. The second-order valence-corrected chi connectivity index (χ2v) is 8.22. The maximum Gasteiger partial charge on any atom is 0.261 e. The number of anilines is 1. The third-order valence-electron chi connectivity index (χ3n) is 4.67. The summed E-state index contributed by atoms with van der Waals surface area (Å²) >= 11 is 1.21. The molecule has 11 heteroatoms. The number of fused-ring (bicyclic) bond motifs is 2. The summed E-state index contributed by atoms with van der Waals surface area (Å²) in [6.45, 7) is 1.57. The van der Waals surface area contributed by atoms with Crippen LogP contribution in [0.4, 0.5) is 5.95 Å².